The second-order valence-electron chi connectivity index (χ2n) is 3.86. The minimum Gasteiger partial charge on any atom is -0.632 e. The number of likely N-dealkylation sites (tertiary alicyclic amines) is 1. The van der Waals surface area contributed by atoms with Gasteiger partial charge in [-0.15, -0.1) is 0 Å². The molecule has 0 aliphatic carbocycles. The minimum absolute atomic E-state index is 0.0208. The number of nitrogens with zero attached hydrogens (tertiary/aromatic N) is 1. The van der Waals surface area contributed by atoms with Crippen molar-refractivity contribution in [2.24, 2.45) is 0 Å². The van der Waals surface area contributed by atoms with E-state index in [9.17, 15) is 5.21 Å². The lowest BCUT2D eigenvalue weighted by molar-refractivity contribution is -0.961. The quantitative estimate of drug-likeness (QED) is 0.359. The van der Waals surface area contributed by atoms with Gasteiger partial charge >= 0.3 is 0 Å². The molecule has 1 saturated heterocycles. The number of quaternary nitrogens is 1. The summed E-state index contributed by atoms with van der Waals surface area (Å²) in [5.41, 5.74) is -0.0851. The average molecular weight is 129 g/mol. The first-order chi connectivity index (χ1) is 3.96. The van der Waals surface area contributed by atoms with E-state index < -0.39 is 0 Å². The van der Waals surface area contributed by atoms with Crippen molar-refractivity contribution in [2.45, 2.75) is 32.7 Å². The van der Waals surface area contributed by atoms with E-state index in [1.165, 1.54) is 0 Å². The number of rotatable bonds is 0. The van der Waals surface area contributed by atoms with Crippen molar-refractivity contribution >= 4 is 0 Å². The van der Waals surface area contributed by atoms with Crippen molar-refractivity contribution in [2.75, 3.05) is 13.1 Å². The van der Waals surface area contributed by atoms with Crippen LogP contribution in [0.5, 0.6) is 0 Å². The summed E-state index contributed by atoms with van der Waals surface area (Å²) in [5, 5.41) is 11.5. The molecule has 1 rings (SSSR count). The maximum Gasteiger partial charge on any atom is 0.0904 e. The fourth-order valence-corrected chi connectivity index (χ4v) is 1.12. The lowest BCUT2D eigenvalue weighted by Gasteiger charge is -2.58. The Morgan fingerprint density at radius 3 is 1.67 bits per heavy atom. The molecular weight excluding hydrogens is 114 g/mol. The van der Waals surface area contributed by atoms with Gasteiger partial charge in [-0.3, -0.25) is 0 Å². The van der Waals surface area contributed by atoms with E-state index in [-0.39, 0.29) is 10.2 Å². The molecule has 0 unspecified atom stereocenters. The van der Waals surface area contributed by atoms with E-state index in [1.807, 2.05) is 20.8 Å². The minimum atomic E-state index is -0.0851. The van der Waals surface area contributed by atoms with Crippen molar-refractivity contribution in [1.29, 1.82) is 0 Å². The van der Waals surface area contributed by atoms with E-state index in [2.05, 4.69) is 0 Å². The van der Waals surface area contributed by atoms with Gasteiger partial charge in [0, 0.05) is 6.42 Å². The first kappa shape index (κ1) is 7.03. The van der Waals surface area contributed by atoms with Crippen LogP contribution in [0.25, 0.3) is 0 Å². The molecule has 0 saturated carbocycles. The molecule has 0 radical (unpaired) electrons. The molecule has 0 bridgehead atoms. The van der Waals surface area contributed by atoms with Crippen LogP contribution >= 0.6 is 0 Å². The van der Waals surface area contributed by atoms with Gasteiger partial charge in [0.05, 0.1) is 18.6 Å². The van der Waals surface area contributed by atoms with E-state index in [0.717, 1.165) is 19.5 Å². The van der Waals surface area contributed by atoms with Gasteiger partial charge in [0.25, 0.3) is 0 Å². The molecule has 0 aromatic heterocycles. The Labute approximate surface area is 56.6 Å². The zero-order chi connectivity index (χ0) is 7.12. The molecular formula is C7H15NO. The van der Waals surface area contributed by atoms with Crippen molar-refractivity contribution in [3.8, 4) is 0 Å². The third kappa shape index (κ3) is 0.970. The van der Waals surface area contributed by atoms with Crippen molar-refractivity contribution in [3.63, 3.8) is 0 Å². The molecule has 0 aromatic carbocycles. The standard InChI is InChI=1S/C7H15NO/c1-7(2,3)8(9)5-4-6-8/h4-6H2,1-3H3. The third-order valence-electron chi connectivity index (χ3n) is 2.26. The van der Waals surface area contributed by atoms with E-state index in [4.69, 9.17) is 0 Å². The fraction of sp³-hybridized carbons (Fsp3) is 1.00. The van der Waals surface area contributed by atoms with Gasteiger partial charge in [0.15, 0.2) is 0 Å². The van der Waals surface area contributed by atoms with E-state index in [0.29, 0.717) is 0 Å². The topological polar surface area (TPSA) is 23.1 Å². The van der Waals surface area contributed by atoms with Crippen LogP contribution in [-0.4, -0.2) is 23.3 Å². The van der Waals surface area contributed by atoms with Crippen LogP contribution in [-0.2, 0) is 0 Å². The predicted octanol–water partition coefficient (Wildman–Crippen LogP) is 1.50. The third-order valence-corrected chi connectivity index (χ3v) is 2.26. The van der Waals surface area contributed by atoms with Crippen LogP contribution in [0.15, 0.2) is 0 Å². The molecule has 0 spiro atoms. The molecule has 0 amide bonds. The normalized spacial score (nSPS) is 25.3. The zero-order valence-electron chi connectivity index (χ0n) is 6.48. The Kier molecular flexibility index (Phi) is 1.33. The highest BCUT2D eigenvalue weighted by molar-refractivity contribution is 4.69. The summed E-state index contributed by atoms with van der Waals surface area (Å²) in [6.07, 6.45) is 1.11. The second-order valence-corrected chi connectivity index (χ2v) is 3.86. The first-order valence-electron chi connectivity index (χ1n) is 3.54. The highest BCUT2D eigenvalue weighted by Crippen LogP contribution is 2.30. The smallest absolute Gasteiger partial charge is 0.0904 e. The average Bonchev–Trinajstić information content (AvgIpc) is 1.57. The number of hydrogen-bond acceptors (Lipinski definition) is 1. The van der Waals surface area contributed by atoms with Crippen LogP contribution in [0.2, 0.25) is 0 Å². The summed E-state index contributed by atoms with van der Waals surface area (Å²) in [6, 6.07) is 0. The summed E-state index contributed by atoms with van der Waals surface area (Å²) in [4.78, 5) is 0. The van der Waals surface area contributed by atoms with Gasteiger partial charge in [0.1, 0.15) is 0 Å². The summed E-state index contributed by atoms with van der Waals surface area (Å²) in [7, 11) is 0. The van der Waals surface area contributed by atoms with Crippen molar-refractivity contribution in [3.05, 3.63) is 5.21 Å². The Balaban J connectivity index is 2.59. The van der Waals surface area contributed by atoms with Crippen molar-refractivity contribution < 1.29 is 4.65 Å². The maximum atomic E-state index is 11.5. The van der Waals surface area contributed by atoms with Crippen LogP contribution in [0.4, 0.5) is 0 Å². The summed E-state index contributed by atoms with van der Waals surface area (Å²) >= 11 is 0. The zero-order valence-corrected chi connectivity index (χ0v) is 6.48. The molecule has 2 nitrogen and oxygen atoms in total. The number of hydroxylamine groups is 3. The summed E-state index contributed by atoms with van der Waals surface area (Å²) in [6.45, 7) is 7.68. The first-order valence-corrected chi connectivity index (χ1v) is 3.54. The van der Waals surface area contributed by atoms with Gasteiger partial charge in [0.2, 0.25) is 0 Å². The van der Waals surface area contributed by atoms with Crippen LogP contribution < -0.4 is 0 Å². The lowest BCUT2D eigenvalue weighted by Crippen LogP contribution is -2.63. The van der Waals surface area contributed by atoms with Crippen LogP contribution in [0.3, 0.4) is 0 Å². The monoisotopic (exact) mass is 129 g/mol. The molecule has 2 heteroatoms. The van der Waals surface area contributed by atoms with Crippen molar-refractivity contribution in [1.82, 2.24) is 0 Å². The predicted molar refractivity (Wildman–Crippen MR) is 37.7 cm³/mol. The van der Waals surface area contributed by atoms with E-state index in [1.54, 1.807) is 0 Å². The largest absolute Gasteiger partial charge is 0.632 e. The summed E-state index contributed by atoms with van der Waals surface area (Å²) in [5.74, 6) is 0. The Morgan fingerprint density at radius 2 is 1.67 bits per heavy atom. The highest BCUT2D eigenvalue weighted by atomic mass is 16.6. The fourth-order valence-electron chi connectivity index (χ4n) is 1.12. The van der Waals surface area contributed by atoms with Gasteiger partial charge in [-0.05, 0) is 20.8 Å². The molecule has 9 heavy (non-hydrogen) atoms. The van der Waals surface area contributed by atoms with Gasteiger partial charge < -0.3 is 9.85 Å². The molecule has 54 valence electrons. The Morgan fingerprint density at radius 1 is 1.22 bits per heavy atom. The SMILES string of the molecule is CC(C)(C)[N+]1([O-])CCC1. The van der Waals surface area contributed by atoms with Crippen LogP contribution in [0.1, 0.15) is 27.2 Å². The second kappa shape index (κ2) is 1.70. The van der Waals surface area contributed by atoms with Crippen LogP contribution in [0, 0.1) is 5.21 Å². The molecule has 1 aliphatic heterocycles. The highest BCUT2D eigenvalue weighted by Gasteiger charge is 2.37. The maximum absolute atomic E-state index is 11.5. The summed E-state index contributed by atoms with van der Waals surface area (Å²) < 4.78 is 0.0208. The molecule has 1 heterocycles. The van der Waals surface area contributed by atoms with Gasteiger partial charge in [-0.25, -0.2) is 0 Å². The molecule has 0 atom stereocenters. The molecule has 0 aromatic rings. The van der Waals surface area contributed by atoms with Gasteiger partial charge in [-0.2, -0.15) is 0 Å². The van der Waals surface area contributed by atoms with Gasteiger partial charge in [-0.1, -0.05) is 0 Å². The molecule has 1 fully saturated rings. The Bertz CT molecular complexity index is 111. The molecule has 1 aliphatic rings. The lowest BCUT2D eigenvalue weighted by atomic mass is 10.00. The number of hydrogen-bond donors (Lipinski definition) is 0. The Hall–Kier alpha value is -0.0800. The van der Waals surface area contributed by atoms with E-state index >= 15 is 0 Å². The molecule has 0 N–H and O–H groups in total.